The van der Waals surface area contributed by atoms with Crippen molar-refractivity contribution in [2.45, 2.75) is 67.5 Å². The number of sulfone groups is 1. The van der Waals surface area contributed by atoms with Gasteiger partial charge >= 0.3 is 12.4 Å². The van der Waals surface area contributed by atoms with Gasteiger partial charge in [0.2, 0.25) is 0 Å². The number of carbonyl (C=O) groups is 1. The Morgan fingerprint density at radius 2 is 1.57 bits per heavy atom. The lowest BCUT2D eigenvalue weighted by Gasteiger charge is -2.42. The number of halogens is 8. The molecule has 3 aromatic carbocycles. The molecule has 7 nitrogen and oxygen atoms in total. The smallest absolute Gasteiger partial charge is 0.337 e. The third-order valence-electron chi connectivity index (χ3n) is 9.90. The highest BCUT2D eigenvalue weighted by Gasteiger charge is 2.43. The molecule has 0 bridgehead atoms. The second-order valence-electron chi connectivity index (χ2n) is 13.6. The zero-order valence-corrected chi connectivity index (χ0v) is 29.3. The molecule has 1 N–H and O–H groups in total. The van der Waals surface area contributed by atoms with Crippen LogP contribution in [0.4, 0.5) is 35.1 Å². The normalized spacial score (nSPS) is 18.6. The monoisotopic (exact) mass is 768 g/mol. The summed E-state index contributed by atoms with van der Waals surface area (Å²) in [7, 11) is -3.90. The molecule has 1 atom stereocenters. The summed E-state index contributed by atoms with van der Waals surface area (Å²) in [5, 5.41) is 1.98. The first-order chi connectivity index (χ1) is 24.8. The van der Waals surface area contributed by atoms with Gasteiger partial charge in [-0.25, -0.2) is 22.2 Å². The van der Waals surface area contributed by atoms with Crippen LogP contribution in [-0.2, 0) is 22.6 Å². The molecule has 3 heterocycles. The van der Waals surface area contributed by atoms with E-state index < -0.39 is 45.6 Å². The van der Waals surface area contributed by atoms with Gasteiger partial charge in [0.1, 0.15) is 0 Å². The first-order valence-electron chi connectivity index (χ1n) is 16.9. The average molecular weight is 769 g/mol. The second-order valence-corrected chi connectivity index (χ2v) is 15.6. The zero-order chi connectivity index (χ0) is 38.3. The van der Waals surface area contributed by atoms with Crippen LogP contribution in [0, 0.1) is 0 Å². The van der Waals surface area contributed by atoms with Crippen molar-refractivity contribution in [3.8, 4) is 11.3 Å². The highest BCUT2D eigenvalue weighted by atomic mass is 32.2. The number of benzene rings is 3. The van der Waals surface area contributed by atoms with Crippen molar-refractivity contribution in [3.05, 3.63) is 95.1 Å². The Balaban J connectivity index is 1.49. The molecular formula is C37H36F8N4O3S. The van der Waals surface area contributed by atoms with Crippen molar-refractivity contribution in [3.63, 3.8) is 0 Å². The fraction of sp³-hybridized carbons (Fsp3) is 0.405. The quantitative estimate of drug-likeness (QED) is 0.183. The molecule has 1 aromatic heterocycles. The first-order valence-corrected chi connectivity index (χ1v) is 18.8. The van der Waals surface area contributed by atoms with E-state index in [9.17, 15) is 48.3 Å². The number of likely N-dealkylation sites (tertiary alicyclic amines) is 2. The van der Waals surface area contributed by atoms with Gasteiger partial charge in [-0.15, -0.1) is 0 Å². The Hall–Kier alpha value is -4.15. The van der Waals surface area contributed by atoms with E-state index in [0.717, 1.165) is 30.5 Å². The highest BCUT2D eigenvalue weighted by molar-refractivity contribution is 7.90. The van der Waals surface area contributed by atoms with Crippen LogP contribution in [0.5, 0.6) is 0 Å². The number of hydrogen-bond donors (Lipinski definition) is 1. The number of rotatable bonds is 8. The molecule has 4 aromatic rings. The van der Waals surface area contributed by atoms with Crippen LogP contribution < -0.4 is 5.32 Å². The van der Waals surface area contributed by atoms with Gasteiger partial charge in [-0.1, -0.05) is 42.5 Å². The third kappa shape index (κ3) is 8.81. The molecule has 6 rings (SSSR count). The summed E-state index contributed by atoms with van der Waals surface area (Å²) < 4.78 is 138. The molecule has 2 aliphatic heterocycles. The summed E-state index contributed by atoms with van der Waals surface area (Å²) in [6.45, 7) is 1.04. The molecule has 284 valence electrons. The zero-order valence-electron chi connectivity index (χ0n) is 28.4. The summed E-state index contributed by atoms with van der Waals surface area (Å²) in [6, 6.07) is 11.9. The molecule has 1 amide bonds. The molecule has 2 saturated heterocycles. The van der Waals surface area contributed by atoms with E-state index in [1.807, 2.05) is 9.80 Å². The van der Waals surface area contributed by atoms with Crippen LogP contribution in [0.3, 0.4) is 0 Å². The molecule has 0 unspecified atom stereocenters. The number of fused-ring (bicyclic) bond motifs is 1. The third-order valence-corrected chi connectivity index (χ3v) is 11.0. The van der Waals surface area contributed by atoms with E-state index in [0.29, 0.717) is 25.9 Å². The van der Waals surface area contributed by atoms with Crippen LogP contribution in [0.15, 0.2) is 77.7 Å². The Kier molecular flexibility index (Phi) is 10.6. The maximum atomic E-state index is 14.6. The number of nitrogens with zero attached hydrogens (tertiary/aromatic N) is 3. The van der Waals surface area contributed by atoms with Gasteiger partial charge in [-0.2, -0.15) is 26.3 Å². The SMILES string of the molecule is CS(=O)(=O)c1ccc2nc(-c3cccc(C(F)(F)F)c3)c(CN3CCC(N4CCC(F)(F)CC4)CC3)c(C(=O)N[C@H](c3ccccc3)C(F)(F)F)c2c1. The Bertz CT molecular complexity index is 2070. The molecular weight excluding hydrogens is 732 g/mol. The van der Waals surface area contributed by atoms with Gasteiger partial charge in [0.25, 0.3) is 11.8 Å². The molecule has 53 heavy (non-hydrogen) atoms. The van der Waals surface area contributed by atoms with Crippen LogP contribution in [0.2, 0.25) is 0 Å². The predicted octanol–water partition coefficient (Wildman–Crippen LogP) is 8.05. The van der Waals surface area contributed by atoms with Gasteiger partial charge in [-0.05, 0) is 61.8 Å². The van der Waals surface area contributed by atoms with E-state index in [4.69, 9.17) is 0 Å². The number of nitrogens with one attached hydrogen (secondary N) is 1. The maximum Gasteiger partial charge on any atom is 0.416 e. The fourth-order valence-electron chi connectivity index (χ4n) is 7.09. The lowest BCUT2D eigenvalue weighted by atomic mass is 9.93. The lowest BCUT2D eigenvalue weighted by Crippen LogP contribution is -2.49. The number of amides is 1. The molecule has 0 saturated carbocycles. The highest BCUT2D eigenvalue weighted by Crippen LogP contribution is 2.39. The molecule has 0 aliphatic carbocycles. The minimum absolute atomic E-state index is 0.00465. The summed E-state index contributed by atoms with van der Waals surface area (Å²) in [5.74, 6) is -3.96. The Labute approximate surface area is 300 Å². The predicted molar refractivity (Wildman–Crippen MR) is 182 cm³/mol. The van der Waals surface area contributed by atoms with E-state index in [1.165, 1.54) is 48.5 Å². The minimum Gasteiger partial charge on any atom is -0.337 e. The Morgan fingerprint density at radius 3 is 2.17 bits per heavy atom. The average Bonchev–Trinajstić information content (AvgIpc) is 3.09. The van der Waals surface area contributed by atoms with E-state index in [-0.39, 0.29) is 82.3 Å². The number of alkyl halides is 8. The van der Waals surface area contributed by atoms with Crippen LogP contribution in [0.25, 0.3) is 22.2 Å². The van der Waals surface area contributed by atoms with Crippen molar-refractivity contribution < 1.29 is 48.3 Å². The number of pyridine rings is 1. The first kappa shape index (κ1) is 38.6. The molecule has 0 radical (unpaired) electrons. The van der Waals surface area contributed by atoms with E-state index in [1.54, 1.807) is 0 Å². The van der Waals surface area contributed by atoms with Gasteiger partial charge in [0, 0.05) is 61.3 Å². The van der Waals surface area contributed by atoms with Crippen molar-refractivity contribution in [2.24, 2.45) is 0 Å². The molecule has 2 fully saturated rings. The number of aromatic nitrogens is 1. The maximum absolute atomic E-state index is 14.6. The molecule has 2 aliphatic rings. The summed E-state index contributed by atoms with van der Waals surface area (Å²) in [6.07, 6.45) is -8.25. The standard InChI is InChI=1S/C37H36F8N4O3S/c1-53(51,52)27-10-11-30-28(21-27)31(34(50)47-33(37(43,44)45)23-6-3-2-4-7-23)29(32(46-30)24-8-5-9-25(20-24)36(40,41)42)22-48-16-12-26(13-17-48)49-18-14-35(38,39)15-19-49/h2-11,20-21,26,33H,12-19,22H2,1H3,(H,47,50)/t33-/m1/s1. The van der Waals surface area contributed by atoms with E-state index in [2.05, 4.69) is 10.3 Å². The van der Waals surface area contributed by atoms with Crippen molar-refractivity contribution >= 4 is 26.6 Å². The van der Waals surface area contributed by atoms with E-state index >= 15 is 0 Å². The molecule has 16 heteroatoms. The van der Waals surface area contributed by atoms with Crippen LogP contribution >= 0.6 is 0 Å². The number of carbonyl (C=O) groups excluding carboxylic acids is 1. The Morgan fingerprint density at radius 1 is 0.906 bits per heavy atom. The van der Waals surface area contributed by atoms with Crippen molar-refractivity contribution in [1.29, 1.82) is 0 Å². The fourth-order valence-corrected chi connectivity index (χ4v) is 7.74. The summed E-state index contributed by atoms with van der Waals surface area (Å²) >= 11 is 0. The lowest BCUT2D eigenvalue weighted by molar-refractivity contribution is -0.155. The van der Waals surface area contributed by atoms with Crippen molar-refractivity contribution in [1.82, 2.24) is 20.1 Å². The largest absolute Gasteiger partial charge is 0.416 e. The van der Waals surface area contributed by atoms with Gasteiger partial charge in [0.05, 0.1) is 27.2 Å². The summed E-state index contributed by atoms with van der Waals surface area (Å²) in [5.41, 5.74) is -1.83. The summed E-state index contributed by atoms with van der Waals surface area (Å²) in [4.78, 5) is 22.6. The number of hydrogen-bond acceptors (Lipinski definition) is 6. The van der Waals surface area contributed by atoms with Crippen LogP contribution in [-0.4, -0.2) is 79.7 Å². The minimum atomic E-state index is -4.97. The second kappa shape index (κ2) is 14.6. The molecule has 0 spiro atoms. The number of piperidine rings is 2. The van der Waals surface area contributed by atoms with Gasteiger partial charge in [-0.3, -0.25) is 14.6 Å². The van der Waals surface area contributed by atoms with Crippen molar-refractivity contribution in [2.75, 3.05) is 32.4 Å². The van der Waals surface area contributed by atoms with Crippen LogP contribution in [0.1, 0.15) is 58.8 Å². The topological polar surface area (TPSA) is 82.6 Å². The van der Waals surface area contributed by atoms with Gasteiger partial charge < -0.3 is 5.32 Å². The van der Waals surface area contributed by atoms with Gasteiger partial charge in [0.15, 0.2) is 15.9 Å².